The summed E-state index contributed by atoms with van der Waals surface area (Å²) in [6.45, 7) is -0.0639. The average molecular weight is 277 g/mol. The number of fused-ring (bicyclic) bond motifs is 1. The summed E-state index contributed by atoms with van der Waals surface area (Å²) in [6, 6.07) is -0.486. The fourth-order valence-electron chi connectivity index (χ4n) is 2.42. The summed E-state index contributed by atoms with van der Waals surface area (Å²) < 4.78 is 19.1. The van der Waals surface area contributed by atoms with Gasteiger partial charge >= 0.3 is 0 Å². The second-order valence-electron chi connectivity index (χ2n) is 4.93. The molecule has 0 amide bonds. The lowest BCUT2D eigenvalue weighted by Gasteiger charge is -2.12. The van der Waals surface area contributed by atoms with Crippen LogP contribution in [-0.4, -0.2) is 45.5 Å². The molecule has 0 bridgehead atoms. The Morgan fingerprint density at radius 1 is 1.45 bits per heavy atom. The van der Waals surface area contributed by atoms with E-state index in [0.29, 0.717) is 23.8 Å². The molecule has 6 heteroatoms. The highest BCUT2D eigenvalue weighted by Gasteiger charge is 2.33. The summed E-state index contributed by atoms with van der Waals surface area (Å²) in [6.07, 6.45) is 10.2. The number of rotatable bonds is 3. The predicted octanol–water partition coefficient (Wildman–Crippen LogP) is 1.30. The summed E-state index contributed by atoms with van der Waals surface area (Å²) in [4.78, 5) is 8.73. The molecule has 1 saturated heterocycles. The predicted molar refractivity (Wildman–Crippen MR) is 71.6 cm³/mol. The maximum atomic E-state index is 13.4. The third-order valence-corrected chi connectivity index (χ3v) is 3.47. The molecule has 0 radical (unpaired) electrons. The molecule has 2 heterocycles. The Morgan fingerprint density at radius 2 is 2.35 bits per heavy atom. The molecule has 1 aliphatic heterocycles. The van der Waals surface area contributed by atoms with Crippen molar-refractivity contribution in [3.63, 3.8) is 0 Å². The van der Waals surface area contributed by atoms with Crippen molar-refractivity contribution in [2.24, 2.45) is 0 Å². The van der Waals surface area contributed by atoms with E-state index in [4.69, 9.17) is 9.84 Å². The van der Waals surface area contributed by atoms with Crippen molar-refractivity contribution in [1.82, 2.24) is 15.1 Å². The highest BCUT2D eigenvalue weighted by molar-refractivity contribution is 5.51. The van der Waals surface area contributed by atoms with E-state index in [1.54, 1.807) is 6.20 Å². The molecule has 1 aliphatic carbocycles. The van der Waals surface area contributed by atoms with Crippen LogP contribution in [0.3, 0.4) is 0 Å². The Hall–Kier alpha value is -1.79. The number of aromatic nitrogens is 2. The van der Waals surface area contributed by atoms with Gasteiger partial charge in [0.1, 0.15) is 6.10 Å². The number of aliphatic hydroxyl groups is 1. The third kappa shape index (κ3) is 2.71. The average Bonchev–Trinajstić information content (AvgIpc) is 2.66. The number of halogens is 1. The van der Waals surface area contributed by atoms with E-state index in [-0.39, 0.29) is 19.3 Å². The first kappa shape index (κ1) is 13.2. The maximum Gasteiger partial charge on any atom is 0.232 e. The SMILES string of the molecule is OCC1CC(Oc2cnc3c(n2)CC=CC=C3)CN1F. The molecule has 2 aliphatic rings. The van der Waals surface area contributed by atoms with Gasteiger partial charge < -0.3 is 9.84 Å². The minimum atomic E-state index is -0.486. The zero-order valence-corrected chi connectivity index (χ0v) is 10.9. The van der Waals surface area contributed by atoms with E-state index in [0.717, 1.165) is 11.4 Å². The van der Waals surface area contributed by atoms with Gasteiger partial charge in [-0.3, -0.25) is 0 Å². The molecular formula is C14H16FN3O2. The standard InChI is InChI=1S/C14H16FN3O2/c15-18-8-11(6-10(18)9-19)20-14-7-16-12-4-2-1-3-5-13(12)17-14/h1-4,7,10-11,19H,5-6,8-9H2. The van der Waals surface area contributed by atoms with Gasteiger partial charge in [-0.1, -0.05) is 18.2 Å². The van der Waals surface area contributed by atoms with E-state index in [2.05, 4.69) is 9.97 Å². The quantitative estimate of drug-likeness (QED) is 0.844. The minimum absolute atomic E-state index is 0.143. The Morgan fingerprint density at radius 3 is 3.15 bits per heavy atom. The van der Waals surface area contributed by atoms with Crippen LogP contribution < -0.4 is 4.74 Å². The zero-order chi connectivity index (χ0) is 13.9. The highest BCUT2D eigenvalue weighted by Crippen LogP contribution is 2.23. The molecule has 1 fully saturated rings. The molecule has 1 N–H and O–H groups in total. The summed E-state index contributed by atoms with van der Waals surface area (Å²) in [5.74, 6) is 0.407. The lowest BCUT2D eigenvalue weighted by Crippen LogP contribution is -2.24. The van der Waals surface area contributed by atoms with Crippen LogP contribution in [0.15, 0.2) is 24.4 Å². The number of aliphatic hydroxyl groups excluding tert-OH is 1. The number of allylic oxidation sites excluding steroid dienone is 3. The molecule has 2 atom stereocenters. The van der Waals surface area contributed by atoms with Crippen LogP contribution in [0.1, 0.15) is 17.8 Å². The van der Waals surface area contributed by atoms with Gasteiger partial charge in [-0.2, -0.15) is 0 Å². The van der Waals surface area contributed by atoms with E-state index < -0.39 is 6.04 Å². The van der Waals surface area contributed by atoms with Crippen molar-refractivity contribution in [2.45, 2.75) is 25.0 Å². The van der Waals surface area contributed by atoms with E-state index in [9.17, 15) is 4.48 Å². The molecule has 106 valence electrons. The van der Waals surface area contributed by atoms with Gasteiger partial charge in [0.25, 0.3) is 0 Å². The number of hydrogen-bond acceptors (Lipinski definition) is 5. The molecular weight excluding hydrogens is 261 g/mol. The molecule has 1 aromatic rings. The first-order valence-electron chi connectivity index (χ1n) is 6.65. The summed E-state index contributed by atoms with van der Waals surface area (Å²) in [5.41, 5.74) is 1.68. The highest BCUT2D eigenvalue weighted by atomic mass is 19.2. The Labute approximate surface area is 116 Å². The number of ether oxygens (including phenoxy) is 1. The van der Waals surface area contributed by atoms with Crippen LogP contribution in [-0.2, 0) is 6.42 Å². The summed E-state index contributed by atoms with van der Waals surface area (Å²) >= 11 is 0. The fourth-order valence-corrected chi connectivity index (χ4v) is 2.42. The van der Waals surface area contributed by atoms with Crippen molar-refractivity contribution >= 4 is 6.08 Å². The van der Waals surface area contributed by atoms with Crippen molar-refractivity contribution in [1.29, 1.82) is 0 Å². The largest absolute Gasteiger partial charge is 0.472 e. The van der Waals surface area contributed by atoms with Gasteiger partial charge in [0.15, 0.2) is 0 Å². The second-order valence-corrected chi connectivity index (χ2v) is 4.93. The van der Waals surface area contributed by atoms with Crippen LogP contribution in [0.2, 0.25) is 0 Å². The van der Waals surface area contributed by atoms with Gasteiger partial charge in [-0.15, -0.1) is 9.60 Å². The van der Waals surface area contributed by atoms with E-state index >= 15 is 0 Å². The van der Waals surface area contributed by atoms with Crippen molar-refractivity contribution in [2.75, 3.05) is 13.2 Å². The van der Waals surface area contributed by atoms with Gasteiger partial charge in [0, 0.05) is 12.8 Å². The fraction of sp³-hybridized carbons (Fsp3) is 0.429. The zero-order valence-electron chi connectivity index (χ0n) is 10.9. The Balaban J connectivity index is 1.71. The smallest absolute Gasteiger partial charge is 0.232 e. The molecule has 1 aromatic heterocycles. The van der Waals surface area contributed by atoms with Crippen LogP contribution >= 0.6 is 0 Å². The van der Waals surface area contributed by atoms with Gasteiger partial charge in [0.2, 0.25) is 5.88 Å². The molecule has 0 aromatic carbocycles. The molecule has 2 unspecified atom stereocenters. The second kappa shape index (κ2) is 5.68. The van der Waals surface area contributed by atoms with Crippen LogP contribution in [0.4, 0.5) is 4.48 Å². The Bertz CT molecular complexity index is 547. The molecule has 5 nitrogen and oxygen atoms in total. The summed E-state index contributed by atoms with van der Waals surface area (Å²) in [5, 5.41) is 9.65. The van der Waals surface area contributed by atoms with E-state index in [1.807, 2.05) is 24.3 Å². The van der Waals surface area contributed by atoms with Crippen molar-refractivity contribution < 1.29 is 14.3 Å². The maximum absolute atomic E-state index is 13.4. The van der Waals surface area contributed by atoms with Gasteiger partial charge in [-0.05, 0) is 6.08 Å². The van der Waals surface area contributed by atoms with E-state index in [1.165, 1.54) is 0 Å². The lowest BCUT2D eigenvalue weighted by atomic mass is 10.2. The van der Waals surface area contributed by atoms with Gasteiger partial charge in [-0.25, -0.2) is 9.97 Å². The number of nitrogens with zero attached hydrogens (tertiary/aromatic N) is 3. The molecule has 20 heavy (non-hydrogen) atoms. The number of hydrogen-bond donors (Lipinski definition) is 1. The lowest BCUT2D eigenvalue weighted by molar-refractivity contribution is -0.0150. The Kier molecular flexibility index (Phi) is 3.75. The van der Waals surface area contributed by atoms with Crippen LogP contribution in [0, 0.1) is 0 Å². The van der Waals surface area contributed by atoms with Crippen LogP contribution in [0.25, 0.3) is 6.08 Å². The van der Waals surface area contributed by atoms with Crippen molar-refractivity contribution in [3.05, 3.63) is 35.8 Å². The normalized spacial score (nSPS) is 25.5. The first-order chi connectivity index (χ1) is 9.76. The third-order valence-electron chi connectivity index (χ3n) is 3.47. The molecule has 0 saturated carbocycles. The monoisotopic (exact) mass is 277 g/mol. The molecule has 0 spiro atoms. The topological polar surface area (TPSA) is 58.5 Å². The first-order valence-corrected chi connectivity index (χ1v) is 6.65. The van der Waals surface area contributed by atoms with Crippen LogP contribution in [0.5, 0.6) is 5.88 Å². The minimum Gasteiger partial charge on any atom is -0.472 e. The van der Waals surface area contributed by atoms with Crippen molar-refractivity contribution in [3.8, 4) is 5.88 Å². The summed E-state index contributed by atoms with van der Waals surface area (Å²) in [7, 11) is 0. The van der Waals surface area contributed by atoms with Gasteiger partial charge in [0.05, 0.1) is 36.8 Å². The molecule has 3 rings (SSSR count).